The van der Waals surface area contributed by atoms with Gasteiger partial charge < -0.3 is 5.32 Å². The average molecular weight is 256 g/mol. The number of nitrogens with zero attached hydrogens (tertiary/aromatic N) is 1. The fourth-order valence-corrected chi connectivity index (χ4v) is 4.41. The molecule has 2 aliphatic heterocycles. The molecule has 2 rings (SSSR count). The van der Waals surface area contributed by atoms with Crippen molar-refractivity contribution in [2.45, 2.75) is 64.1 Å². The monoisotopic (exact) mass is 256 g/mol. The van der Waals surface area contributed by atoms with Crippen LogP contribution in [0.25, 0.3) is 0 Å². The molecule has 0 bridgehead atoms. The minimum Gasteiger partial charge on any atom is -0.308 e. The standard InChI is InChI=1S/C14H28N2S/c1-4-14(5-2)11-16(12(3)9-15-14)13-7-6-8-17-10-13/h12-13,15H,4-11H2,1-3H3. The van der Waals surface area contributed by atoms with Gasteiger partial charge in [0, 0.05) is 36.5 Å². The van der Waals surface area contributed by atoms with Crippen molar-refractivity contribution in [2.75, 3.05) is 24.6 Å². The van der Waals surface area contributed by atoms with Gasteiger partial charge in [-0.1, -0.05) is 13.8 Å². The molecule has 17 heavy (non-hydrogen) atoms. The summed E-state index contributed by atoms with van der Waals surface area (Å²) < 4.78 is 0. The van der Waals surface area contributed by atoms with Crippen LogP contribution < -0.4 is 5.32 Å². The Morgan fingerprint density at radius 1 is 1.35 bits per heavy atom. The predicted molar refractivity (Wildman–Crippen MR) is 77.8 cm³/mol. The molecule has 2 atom stereocenters. The van der Waals surface area contributed by atoms with Gasteiger partial charge in [0.2, 0.25) is 0 Å². The van der Waals surface area contributed by atoms with Gasteiger partial charge >= 0.3 is 0 Å². The van der Waals surface area contributed by atoms with Crippen molar-refractivity contribution in [1.82, 2.24) is 10.2 Å². The van der Waals surface area contributed by atoms with Gasteiger partial charge in [-0.2, -0.15) is 11.8 Å². The number of hydrogen-bond donors (Lipinski definition) is 1. The molecule has 2 nitrogen and oxygen atoms in total. The fraction of sp³-hybridized carbons (Fsp3) is 1.00. The molecule has 100 valence electrons. The Labute approximate surface area is 111 Å². The number of thioether (sulfide) groups is 1. The van der Waals surface area contributed by atoms with Gasteiger partial charge in [-0.3, -0.25) is 4.90 Å². The molecule has 2 fully saturated rings. The van der Waals surface area contributed by atoms with Crippen molar-refractivity contribution in [3.8, 4) is 0 Å². The van der Waals surface area contributed by atoms with Gasteiger partial charge in [0.15, 0.2) is 0 Å². The van der Waals surface area contributed by atoms with E-state index in [1.807, 2.05) is 0 Å². The summed E-state index contributed by atoms with van der Waals surface area (Å²) in [5.41, 5.74) is 0.384. The molecule has 0 aromatic carbocycles. The highest BCUT2D eigenvalue weighted by molar-refractivity contribution is 7.99. The van der Waals surface area contributed by atoms with Crippen LogP contribution in [0.15, 0.2) is 0 Å². The zero-order chi connectivity index (χ0) is 12.3. The summed E-state index contributed by atoms with van der Waals surface area (Å²) in [5.74, 6) is 2.73. The average Bonchev–Trinajstić information content (AvgIpc) is 2.41. The third-order valence-corrected chi connectivity index (χ3v) is 5.98. The highest BCUT2D eigenvalue weighted by Crippen LogP contribution is 2.29. The van der Waals surface area contributed by atoms with E-state index in [2.05, 4.69) is 42.7 Å². The Bertz CT molecular complexity index is 234. The Hall–Kier alpha value is 0.270. The van der Waals surface area contributed by atoms with E-state index in [1.54, 1.807) is 0 Å². The molecule has 0 aromatic heterocycles. The lowest BCUT2D eigenvalue weighted by Gasteiger charge is -2.50. The second-order valence-corrected chi connectivity index (χ2v) is 6.91. The Morgan fingerprint density at radius 2 is 2.12 bits per heavy atom. The smallest absolute Gasteiger partial charge is 0.0304 e. The molecule has 2 aliphatic rings. The first-order valence-electron chi connectivity index (χ1n) is 7.29. The predicted octanol–water partition coefficient (Wildman–Crippen LogP) is 2.73. The summed E-state index contributed by atoms with van der Waals surface area (Å²) in [4.78, 5) is 2.80. The lowest BCUT2D eigenvalue weighted by Crippen LogP contribution is -2.65. The fourth-order valence-electron chi connectivity index (χ4n) is 3.24. The van der Waals surface area contributed by atoms with Crippen LogP contribution in [0.5, 0.6) is 0 Å². The van der Waals surface area contributed by atoms with Gasteiger partial charge in [-0.25, -0.2) is 0 Å². The summed E-state index contributed by atoms with van der Waals surface area (Å²) in [5, 5.41) is 3.80. The SMILES string of the molecule is CCC1(CC)CN(C2CCCSC2)C(C)CN1. The summed E-state index contributed by atoms with van der Waals surface area (Å²) in [7, 11) is 0. The molecule has 2 heterocycles. The van der Waals surface area contributed by atoms with E-state index in [0.717, 1.165) is 6.04 Å². The molecule has 2 unspecified atom stereocenters. The molecule has 2 saturated heterocycles. The van der Waals surface area contributed by atoms with Gasteiger partial charge in [0.05, 0.1) is 0 Å². The van der Waals surface area contributed by atoms with Crippen molar-refractivity contribution in [2.24, 2.45) is 0 Å². The topological polar surface area (TPSA) is 15.3 Å². The lowest BCUT2D eigenvalue weighted by atomic mass is 9.87. The highest BCUT2D eigenvalue weighted by Gasteiger charge is 2.38. The van der Waals surface area contributed by atoms with E-state index in [1.165, 1.54) is 50.3 Å². The molecule has 1 N–H and O–H groups in total. The number of hydrogen-bond acceptors (Lipinski definition) is 3. The summed E-state index contributed by atoms with van der Waals surface area (Å²) in [6, 6.07) is 1.55. The maximum atomic E-state index is 3.80. The first kappa shape index (κ1) is 13.7. The molecule has 0 spiro atoms. The van der Waals surface area contributed by atoms with Crippen LogP contribution in [0.4, 0.5) is 0 Å². The second-order valence-electron chi connectivity index (χ2n) is 5.76. The van der Waals surface area contributed by atoms with Crippen molar-refractivity contribution < 1.29 is 0 Å². The van der Waals surface area contributed by atoms with E-state index in [0.29, 0.717) is 11.6 Å². The van der Waals surface area contributed by atoms with E-state index in [-0.39, 0.29) is 0 Å². The molecule has 0 amide bonds. The van der Waals surface area contributed by atoms with Gasteiger partial charge in [-0.15, -0.1) is 0 Å². The Balaban J connectivity index is 2.03. The summed E-state index contributed by atoms with van der Waals surface area (Å²) >= 11 is 2.15. The van der Waals surface area contributed by atoms with Crippen molar-refractivity contribution >= 4 is 11.8 Å². The van der Waals surface area contributed by atoms with Crippen LogP contribution >= 0.6 is 11.8 Å². The van der Waals surface area contributed by atoms with Crippen molar-refractivity contribution in [1.29, 1.82) is 0 Å². The summed E-state index contributed by atoms with van der Waals surface area (Å²) in [6.45, 7) is 9.48. The second kappa shape index (κ2) is 5.94. The third kappa shape index (κ3) is 2.99. The quantitative estimate of drug-likeness (QED) is 0.836. The summed E-state index contributed by atoms with van der Waals surface area (Å²) in [6.07, 6.45) is 5.34. The van der Waals surface area contributed by atoms with Crippen LogP contribution in [-0.2, 0) is 0 Å². The maximum absolute atomic E-state index is 3.80. The largest absolute Gasteiger partial charge is 0.308 e. The van der Waals surface area contributed by atoms with E-state index < -0.39 is 0 Å². The minimum atomic E-state index is 0.384. The van der Waals surface area contributed by atoms with Crippen molar-refractivity contribution in [3.05, 3.63) is 0 Å². The van der Waals surface area contributed by atoms with Crippen LogP contribution in [0.1, 0.15) is 46.5 Å². The van der Waals surface area contributed by atoms with Crippen LogP contribution in [0.3, 0.4) is 0 Å². The first-order valence-corrected chi connectivity index (χ1v) is 8.45. The molecular formula is C14H28N2S. The molecule has 3 heteroatoms. The van der Waals surface area contributed by atoms with Crippen LogP contribution in [-0.4, -0.2) is 47.1 Å². The zero-order valence-electron chi connectivity index (χ0n) is 11.7. The number of piperazine rings is 1. The molecule has 0 aromatic rings. The highest BCUT2D eigenvalue weighted by atomic mass is 32.2. The zero-order valence-corrected chi connectivity index (χ0v) is 12.5. The van der Waals surface area contributed by atoms with Gasteiger partial charge in [0.1, 0.15) is 0 Å². The molecule has 0 radical (unpaired) electrons. The number of nitrogens with one attached hydrogen (secondary N) is 1. The molecule has 0 saturated carbocycles. The van der Waals surface area contributed by atoms with Crippen LogP contribution in [0.2, 0.25) is 0 Å². The Morgan fingerprint density at radius 3 is 2.71 bits per heavy atom. The maximum Gasteiger partial charge on any atom is 0.0304 e. The van der Waals surface area contributed by atoms with Gasteiger partial charge in [0.25, 0.3) is 0 Å². The lowest BCUT2D eigenvalue weighted by molar-refractivity contribution is 0.0477. The third-order valence-electron chi connectivity index (χ3n) is 4.78. The van der Waals surface area contributed by atoms with Gasteiger partial charge in [-0.05, 0) is 38.4 Å². The Kier molecular flexibility index (Phi) is 4.79. The normalized spacial score (nSPS) is 34.8. The van der Waals surface area contributed by atoms with E-state index in [4.69, 9.17) is 0 Å². The number of rotatable bonds is 3. The van der Waals surface area contributed by atoms with E-state index >= 15 is 0 Å². The minimum absolute atomic E-state index is 0.384. The van der Waals surface area contributed by atoms with Crippen molar-refractivity contribution in [3.63, 3.8) is 0 Å². The van der Waals surface area contributed by atoms with E-state index in [9.17, 15) is 0 Å². The molecule has 0 aliphatic carbocycles. The molecular weight excluding hydrogens is 228 g/mol. The van der Waals surface area contributed by atoms with Crippen LogP contribution in [0, 0.1) is 0 Å². The first-order chi connectivity index (χ1) is 8.21.